The number of nitrogens with zero attached hydrogens (tertiary/aromatic N) is 3. The summed E-state index contributed by atoms with van der Waals surface area (Å²) in [6, 6.07) is 19.7. The fourth-order valence-electron chi connectivity index (χ4n) is 5.73. The first-order valence-electron chi connectivity index (χ1n) is 13.5. The van der Waals surface area contributed by atoms with Crippen LogP contribution in [0.4, 0.5) is 0 Å². The Hall–Kier alpha value is -3.12. The summed E-state index contributed by atoms with van der Waals surface area (Å²) >= 11 is 0. The third kappa shape index (κ3) is 5.81. The first-order chi connectivity index (χ1) is 17.6. The van der Waals surface area contributed by atoms with E-state index in [4.69, 9.17) is 0 Å². The van der Waals surface area contributed by atoms with Crippen LogP contribution in [0, 0.1) is 12.8 Å². The van der Waals surface area contributed by atoms with Crippen molar-refractivity contribution in [3.8, 4) is 0 Å². The average Bonchev–Trinajstić information content (AvgIpc) is 3.45. The topological polar surface area (TPSA) is 57.6 Å². The summed E-state index contributed by atoms with van der Waals surface area (Å²) < 4.78 is 2.45. The Kier molecular flexibility index (Phi) is 7.71. The highest BCUT2D eigenvalue weighted by molar-refractivity contribution is 5.81. The number of rotatable bonds is 9. The summed E-state index contributed by atoms with van der Waals surface area (Å²) in [5.41, 5.74) is 5.22. The zero-order valence-electron chi connectivity index (χ0n) is 21.4. The van der Waals surface area contributed by atoms with E-state index in [0.717, 1.165) is 65.0 Å². The SMILES string of the molecule is Cc1cccc(Cn2c(CN3CCC(C(=O)NCCCN4CCCC4=O)CC3)cc3ccccc32)c1. The first kappa shape index (κ1) is 24.6. The van der Waals surface area contributed by atoms with Gasteiger partial charge in [-0.05, 0) is 68.8 Å². The minimum Gasteiger partial charge on any atom is -0.356 e. The van der Waals surface area contributed by atoms with Crippen molar-refractivity contribution < 1.29 is 9.59 Å². The Morgan fingerprint density at radius 2 is 1.83 bits per heavy atom. The lowest BCUT2D eigenvalue weighted by Crippen LogP contribution is -2.41. The second kappa shape index (κ2) is 11.3. The molecule has 0 atom stereocenters. The normalized spacial score (nSPS) is 17.2. The largest absolute Gasteiger partial charge is 0.356 e. The number of fused-ring (bicyclic) bond motifs is 1. The number of benzene rings is 2. The molecule has 6 nitrogen and oxygen atoms in total. The molecule has 0 unspecified atom stereocenters. The molecule has 2 aromatic carbocycles. The lowest BCUT2D eigenvalue weighted by molar-refractivity contribution is -0.127. The monoisotopic (exact) mass is 486 g/mol. The molecule has 0 spiro atoms. The van der Waals surface area contributed by atoms with Crippen LogP contribution in [0.3, 0.4) is 0 Å². The van der Waals surface area contributed by atoms with Gasteiger partial charge in [0.25, 0.3) is 0 Å². The van der Waals surface area contributed by atoms with Crippen molar-refractivity contribution in [1.82, 2.24) is 19.7 Å². The van der Waals surface area contributed by atoms with E-state index in [2.05, 4.69) is 76.3 Å². The van der Waals surface area contributed by atoms with Gasteiger partial charge in [0.15, 0.2) is 0 Å². The molecule has 0 aliphatic carbocycles. The lowest BCUT2D eigenvalue weighted by Gasteiger charge is -2.31. The molecular formula is C30H38N4O2. The zero-order chi connectivity index (χ0) is 24.9. The van der Waals surface area contributed by atoms with Crippen molar-refractivity contribution in [3.63, 3.8) is 0 Å². The Balaban J connectivity index is 1.15. The number of hydrogen-bond donors (Lipinski definition) is 1. The Morgan fingerprint density at radius 3 is 2.61 bits per heavy atom. The number of likely N-dealkylation sites (tertiary alicyclic amines) is 2. The second-order valence-electron chi connectivity index (χ2n) is 10.4. The van der Waals surface area contributed by atoms with Crippen molar-refractivity contribution in [2.24, 2.45) is 5.92 Å². The predicted octanol–water partition coefficient (Wildman–Crippen LogP) is 4.34. The van der Waals surface area contributed by atoms with Crippen LogP contribution in [-0.4, -0.2) is 58.9 Å². The van der Waals surface area contributed by atoms with Gasteiger partial charge in [-0.1, -0.05) is 48.0 Å². The third-order valence-electron chi connectivity index (χ3n) is 7.74. The number of para-hydroxylation sites is 1. The van der Waals surface area contributed by atoms with Gasteiger partial charge in [0.05, 0.1) is 0 Å². The third-order valence-corrected chi connectivity index (χ3v) is 7.74. The molecule has 3 aromatic rings. The maximum absolute atomic E-state index is 12.7. The van der Waals surface area contributed by atoms with E-state index in [1.165, 1.54) is 27.7 Å². The molecular weight excluding hydrogens is 448 g/mol. The van der Waals surface area contributed by atoms with Gasteiger partial charge in [-0.2, -0.15) is 0 Å². The van der Waals surface area contributed by atoms with Gasteiger partial charge in [0, 0.05) is 56.3 Å². The molecule has 0 radical (unpaired) electrons. The fraction of sp³-hybridized carbons (Fsp3) is 0.467. The Bertz CT molecular complexity index is 1210. The lowest BCUT2D eigenvalue weighted by atomic mass is 9.95. The van der Waals surface area contributed by atoms with E-state index in [9.17, 15) is 9.59 Å². The number of nitrogens with one attached hydrogen (secondary N) is 1. The molecule has 2 aliphatic rings. The standard InChI is InChI=1S/C30H38N4O2/c1-23-7-4-8-24(19-23)21-34-27(20-26-9-2-3-10-28(26)34)22-32-17-12-25(13-18-32)30(36)31-14-6-16-33-15-5-11-29(33)35/h2-4,7-10,19-20,25H,5-6,11-18,21-22H2,1H3,(H,31,36). The van der Waals surface area contributed by atoms with Gasteiger partial charge < -0.3 is 14.8 Å². The van der Waals surface area contributed by atoms with Crippen LogP contribution in [0.1, 0.15) is 48.9 Å². The van der Waals surface area contributed by atoms with Gasteiger partial charge in [0.1, 0.15) is 0 Å². The van der Waals surface area contributed by atoms with Crippen molar-refractivity contribution in [2.75, 3.05) is 32.7 Å². The van der Waals surface area contributed by atoms with E-state index in [-0.39, 0.29) is 17.7 Å². The van der Waals surface area contributed by atoms with Gasteiger partial charge in [-0.3, -0.25) is 14.5 Å². The fourth-order valence-corrected chi connectivity index (χ4v) is 5.73. The molecule has 0 bridgehead atoms. The zero-order valence-corrected chi connectivity index (χ0v) is 21.4. The highest BCUT2D eigenvalue weighted by Crippen LogP contribution is 2.25. The van der Waals surface area contributed by atoms with Gasteiger partial charge >= 0.3 is 0 Å². The van der Waals surface area contributed by atoms with Crippen molar-refractivity contribution in [1.29, 1.82) is 0 Å². The van der Waals surface area contributed by atoms with E-state index >= 15 is 0 Å². The summed E-state index contributed by atoms with van der Waals surface area (Å²) in [5.74, 6) is 0.524. The molecule has 1 N–H and O–H groups in total. The minimum absolute atomic E-state index is 0.0906. The van der Waals surface area contributed by atoms with E-state index in [1.54, 1.807) is 0 Å². The van der Waals surface area contributed by atoms with Gasteiger partial charge in [0.2, 0.25) is 11.8 Å². The van der Waals surface area contributed by atoms with Crippen LogP contribution in [0.5, 0.6) is 0 Å². The Labute approximate surface area is 214 Å². The maximum atomic E-state index is 12.7. The molecule has 2 amide bonds. The summed E-state index contributed by atoms with van der Waals surface area (Å²) in [4.78, 5) is 28.8. The number of carbonyl (C=O) groups is 2. The van der Waals surface area contributed by atoms with Crippen molar-refractivity contribution >= 4 is 22.7 Å². The first-order valence-corrected chi connectivity index (χ1v) is 13.5. The minimum atomic E-state index is 0.0906. The second-order valence-corrected chi connectivity index (χ2v) is 10.4. The van der Waals surface area contributed by atoms with Crippen molar-refractivity contribution in [3.05, 3.63) is 71.4 Å². The summed E-state index contributed by atoms with van der Waals surface area (Å²) in [6.45, 7) is 8.07. The number of carbonyl (C=O) groups excluding carboxylic acids is 2. The van der Waals surface area contributed by atoms with Crippen molar-refractivity contribution in [2.45, 2.75) is 52.1 Å². The molecule has 3 heterocycles. The van der Waals surface area contributed by atoms with E-state index in [1.807, 2.05) is 4.90 Å². The number of amides is 2. The highest BCUT2D eigenvalue weighted by Gasteiger charge is 2.26. The molecule has 36 heavy (non-hydrogen) atoms. The molecule has 6 heteroatoms. The average molecular weight is 487 g/mol. The Morgan fingerprint density at radius 1 is 1.00 bits per heavy atom. The van der Waals surface area contributed by atoms with Crippen LogP contribution in [-0.2, 0) is 22.7 Å². The molecule has 1 aromatic heterocycles. The smallest absolute Gasteiger partial charge is 0.223 e. The number of hydrogen-bond acceptors (Lipinski definition) is 3. The van der Waals surface area contributed by atoms with Crippen LogP contribution in [0.15, 0.2) is 54.6 Å². The number of piperidine rings is 1. The molecule has 2 aliphatic heterocycles. The molecule has 2 fully saturated rings. The molecule has 2 saturated heterocycles. The number of aryl methyl sites for hydroxylation is 1. The quantitative estimate of drug-likeness (QED) is 0.458. The highest BCUT2D eigenvalue weighted by atomic mass is 16.2. The molecule has 190 valence electrons. The van der Waals surface area contributed by atoms with E-state index in [0.29, 0.717) is 13.0 Å². The molecule has 0 saturated carbocycles. The van der Waals surface area contributed by atoms with E-state index < -0.39 is 0 Å². The number of aromatic nitrogens is 1. The van der Waals surface area contributed by atoms with Crippen LogP contribution >= 0.6 is 0 Å². The van der Waals surface area contributed by atoms with Gasteiger partial charge in [-0.15, -0.1) is 0 Å². The van der Waals surface area contributed by atoms with Crippen LogP contribution in [0.25, 0.3) is 10.9 Å². The molecule has 5 rings (SSSR count). The van der Waals surface area contributed by atoms with Crippen LogP contribution in [0.2, 0.25) is 0 Å². The van der Waals surface area contributed by atoms with Gasteiger partial charge in [-0.25, -0.2) is 0 Å². The summed E-state index contributed by atoms with van der Waals surface area (Å²) in [7, 11) is 0. The van der Waals surface area contributed by atoms with Crippen LogP contribution < -0.4 is 5.32 Å². The summed E-state index contributed by atoms with van der Waals surface area (Å²) in [6.07, 6.45) is 4.28. The predicted molar refractivity (Wildman–Crippen MR) is 144 cm³/mol. The summed E-state index contributed by atoms with van der Waals surface area (Å²) in [5, 5.41) is 4.40. The maximum Gasteiger partial charge on any atom is 0.223 e.